The molecule has 174 valence electrons. The van der Waals surface area contributed by atoms with Gasteiger partial charge in [0, 0.05) is 37.0 Å². The molecule has 0 bridgehead atoms. The number of nitrogens with zero attached hydrogens (tertiary/aromatic N) is 6. The zero-order valence-corrected chi connectivity index (χ0v) is 18.7. The molecule has 1 saturated carbocycles. The molecule has 4 N–H and O–H groups in total. The van der Waals surface area contributed by atoms with Crippen molar-refractivity contribution >= 4 is 34.7 Å². The van der Waals surface area contributed by atoms with Gasteiger partial charge in [0.05, 0.1) is 11.9 Å². The first-order valence-electron chi connectivity index (χ1n) is 11.4. The molecular formula is C23H25N9O2. The lowest BCUT2D eigenvalue weighted by Crippen LogP contribution is -2.51. The maximum absolute atomic E-state index is 13.4. The maximum Gasteiger partial charge on any atom is 0.250 e. The molecule has 4 aromatic rings. The molecule has 2 fully saturated rings. The van der Waals surface area contributed by atoms with Gasteiger partial charge in [-0.15, -0.1) is 5.10 Å². The average molecular weight is 460 g/mol. The molecule has 1 amide bonds. The third-order valence-electron chi connectivity index (χ3n) is 6.64. The number of carbonyl (C=O) groups is 1. The molecule has 0 radical (unpaired) electrons. The number of carbonyl (C=O) groups excluding carboxylic acids is 1. The van der Waals surface area contributed by atoms with Crippen molar-refractivity contribution in [2.24, 2.45) is 0 Å². The number of H-pyrrole nitrogens is 1. The number of pyridine rings is 1. The van der Waals surface area contributed by atoms with Crippen LogP contribution in [-0.2, 0) is 4.79 Å². The van der Waals surface area contributed by atoms with Gasteiger partial charge in [-0.2, -0.15) is 10.1 Å². The molecule has 1 atom stereocenters. The SMILES string of the molecule is C[C@@]1(C(=O)Nc2cnccc2O)CCCN1c1nc(Nc2cc(C3CC3)n[nH]2)c2cccn2n1. The van der Waals surface area contributed by atoms with Gasteiger partial charge in [0.15, 0.2) is 5.82 Å². The summed E-state index contributed by atoms with van der Waals surface area (Å²) in [6.45, 7) is 2.50. The number of aromatic nitrogens is 6. The molecule has 1 aliphatic heterocycles. The lowest BCUT2D eigenvalue weighted by Gasteiger charge is -2.34. The predicted molar refractivity (Wildman–Crippen MR) is 126 cm³/mol. The van der Waals surface area contributed by atoms with Crippen molar-refractivity contribution in [3.8, 4) is 5.75 Å². The van der Waals surface area contributed by atoms with Crippen molar-refractivity contribution in [3.63, 3.8) is 0 Å². The van der Waals surface area contributed by atoms with Crippen LogP contribution < -0.4 is 15.5 Å². The van der Waals surface area contributed by atoms with Crippen LogP contribution in [0, 0.1) is 0 Å². The van der Waals surface area contributed by atoms with E-state index in [2.05, 4.69) is 30.9 Å². The van der Waals surface area contributed by atoms with E-state index in [1.54, 1.807) is 4.52 Å². The van der Waals surface area contributed by atoms with Crippen molar-refractivity contribution in [1.29, 1.82) is 0 Å². The van der Waals surface area contributed by atoms with Crippen LogP contribution in [0.1, 0.15) is 44.2 Å². The second-order valence-corrected chi connectivity index (χ2v) is 9.08. The molecule has 11 heteroatoms. The highest BCUT2D eigenvalue weighted by molar-refractivity contribution is 6.01. The van der Waals surface area contributed by atoms with Crippen LogP contribution in [0.3, 0.4) is 0 Å². The molecule has 0 spiro atoms. The van der Waals surface area contributed by atoms with E-state index < -0.39 is 5.54 Å². The molecule has 2 aliphatic rings. The topological polar surface area (TPSA) is 136 Å². The molecule has 5 heterocycles. The minimum absolute atomic E-state index is 0.0295. The molecule has 6 rings (SSSR count). The van der Waals surface area contributed by atoms with Gasteiger partial charge in [-0.25, -0.2) is 4.52 Å². The van der Waals surface area contributed by atoms with E-state index in [9.17, 15) is 9.90 Å². The zero-order chi connectivity index (χ0) is 23.3. The molecule has 1 saturated heterocycles. The summed E-state index contributed by atoms with van der Waals surface area (Å²) in [6.07, 6.45) is 8.55. The molecule has 0 unspecified atom stereocenters. The van der Waals surface area contributed by atoms with E-state index in [-0.39, 0.29) is 17.3 Å². The summed E-state index contributed by atoms with van der Waals surface area (Å²) in [7, 11) is 0. The summed E-state index contributed by atoms with van der Waals surface area (Å²) in [6, 6.07) is 7.30. The smallest absolute Gasteiger partial charge is 0.250 e. The normalized spacial score (nSPS) is 20.1. The summed E-state index contributed by atoms with van der Waals surface area (Å²) in [4.78, 5) is 24.1. The largest absolute Gasteiger partial charge is 0.506 e. The Balaban J connectivity index is 1.32. The van der Waals surface area contributed by atoms with E-state index in [1.807, 2.05) is 36.2 Å². The minimum Gasteiger partial charge on any atom is -0.506 e. The third kappa shape index (κ3) is 3.49. The summed E-state index contributed by atoms with van der Waals surface area (Å²) in [5, 5.41) is 28.4. The first-order valence-corrected chi connectivity index (χ1v) is 11.4. The van der Waals surface area contributed by atoms with Crippen LogP contribution in [-0.4, -0.2) is 52.9 Å². The molecule has 11 nitrogen and oxygen atoms in total. The third-order valence-corrected chi connectivity index (χ3v) is 6.64. The average Bonchev–Trinajstić information content (AvgIpc) is 3.20. The second kappa shape index (κ2) is 7.72. The van der Waals surface area contributed by atoms with Crippen molar-refractivity contribution in [2.45, 2.75) is 44.1 Å². The highest BCUT2D eigenvalue weighted by Gasteiger charge is 2.45. The lowest BCUT2D eigenvalue weighted by molar-refractivity contribution is -0.120. The number of amides is 1. The van der Waals surface area contributed by atoms with Crippen LogP contribution in [0.4, 0.5) is 23.3 Å². The Morgan fingerprint density at radius 3 is 3.03 bits per heavy atom. The van der Waals surface area contributed by atoms with Gasteiger partial charge in [-0.3, -0.25) is 14.9 Å². The van der Waals surface area contributed by atoms with Gasteiger partial charge in [0.2, 0.25) is 11.9 Å². The highest BCUT2D eigenvalue weighted by Crippen LogP contribution is 2.40. The first-order chi connectivity index (χ1) is 16.5. The summed E-state index contributed by atoms with van der Waals surface area (Å²) in [5.41, 5.74) is 1.26. The van der Waals surface area contributed by atoms with Crippen molar-refractivity contribution in [1.82, 2.24) is 29.8 Å². The van der Waals surface area contributed by atoms with Gasteiger partial charge in [0.25, 0.3) is 0 Å². The fourth-order valence-corrected chi connectivity index (χ4v) is 4.51. The number of anilines is 4. The van der Waals surface area contributed by atoms with Gasteiger partial charge in [0.1, 0.15) is 28.3 Å². The number of hydrogen-bond acceptors (Lipinski definition) is 8. The predicted octanol–water partition coefficient (Wildman–Crippen LogP) is 3.17. The van der Waals surface area contributed by atoms with Gasteiger partial charge in [-0.05, 0) is 44.7 Å². The number of aromatic amines is 1. The Labute approximate surface area is 195 Å². The molecule has 4 aromatic heterocycles. The summed E-state index contributed by atoms with van der Waals surface area (Å²) in [5.74, 6) is 2.10. The molecule has 34 heavy (non-hydrogen) atoms. The van der Waals surface area contributed by atoms with Gasteiger partial charge in [-0.1, -0.05) is 0 Å². The number of fused-ring (bicyclic) bond motifs is 1. The van der Waals surface area contributed by atoms with Crippen LogP contribution in [0.2, 0.25) is 0 Å². The van der Waals surface area contributed by atoms with Gasteiger partial charge >= 0.3 is 0 Å². The Kier molecular flexibility index (Phi) is 4.64. The van der Waals surface area contributed by atoms with Crippen LogP contribution in [0.25, 0.3) is 5.52 Å². The number of rotatable bonds is 6. The van der Waals surface area contributed by atoms with E-state index >= 15 is 0 Å². The lowest BCUT2D eigenvalue weighted by atomic mass is 9.97. The number of nitrogens with one attached hydrogen (secondary N) is 3. The van der Waals surface area contributed by atoms with E-state index in [0.29, 0.717) is 30.6 Å². The van der Waals surface area contributed by atoms with E-state index in [4.69, 9.17) is 4.98 Å². The Morgan fingerprint density at radius 1 is 1.32 bits per heavy atom. The fraction of sp³-hybridized carbons (Fsp3) is 0.348. The van der Waals surface area contributed by atoms with E-state index in [0.717, 1.165) is 23.4 Å². The highest BCUT2D eigenvalue weighted by atomic mass is 16.3. The monoisotopic (exact) mass is 459 g/mol. The first kappa shape index (κ1) is 20.5. The van der Waals surface area contributed by atoms with Crippen molar-refractivity contribution < 1.29 is 9.90 Å². The van der Waals surface area contributed by atoms with Crippen LogP contribution in [0.5, 0.6) is 5.75 Å². The molecular weight excluding hydrogens is 434 g/mol. The van der Waals surface area contributed by atoms with Crippen molar-refractivity contribution in [2.75, 3.05) is 22.1 Å². The Hall–Kier alpha value is -4.15. The molecule has 0 aromatic carbocycles. The van der Waals surface area contributed by atoms with E-state index in [1.165, 1.54) is 31.3 Å². The zero-order valence-electron chi connectivity index (χ0n) is 18.7. The number of aromatic hydroxyl groups is 1. The van der Waals surface area contributed by atoms with Crippen LogP contribution in [0.15, 0.2) is 42.9 Å². The quantitative estimate of drug-likeness (QED) is 0.345. The number of hydrogen-bond donors (Lipinski definition) is 4. The second-order valence-electron chi connectivity index (χ2n) is 9.08. The fourth-order valence-electron chi connectivity index (χ4n) is 4.51. The van der Waals surface area contributed by atoms with Gasteiger partial charge < -0.3 is 20.6 Å². The summed E-state index contributed by atoms with van der Waals surface area (Å²) < 4.78 is 1.76. The summed E-state index contributed by atoms with van der Waals surface area (Å²) >= 11 is 0. The Morgan fingerprint density at radius 2 is 2.21 bits per heavy atom. The van der Waals surface area contributed by atoms with Crippen LogP contribution >= 0.6 is 0 Å². The van der Waals surface area contributed by atoms with Crippen molar-refractivity contribution in [3.05, 3.63) is 48.5 Å². The Bertz CT molecular complexity index is 1380. The minimum atomic E-state index is -0.895. The molecule has 1 aliphatic carbocycles. The maximum atomic E-state index is 13.4. The standard InChI is InChI=1S/C23H25N9O2/c1-23(21(34)25-16-13-24-9-7-18(16)33)8-3-10-31(23)22-27-20(17-4-2-11-32(17)30-22)26-19-12-15(28-29-19)14-5-6-14/h2,4,7,9,11-14H,3,5-6,8,10H2,1H3,(H,24,33)(H,25,34)(H2,26,27,28,29,30)/t23-/m0/s1.